The first-order chi connectivity index (χ1) is 9.54. The summed E-state index contributed by atoms with van der Waals surface area (Å²) in [4.78, 5) is 1.97. The molecule has 7 heteroatoms. The third-order valence-corrected chi connectivity index (χ3v) is 4.85. The average Bonchev–Trinajstić information content (AvgIpc) is 2.71. The Bertz CT molecular complexity index is 636. The van der Waals surface area contributed by atoms with Gasteiger partial charge in [0.2, 0.25) is 0 Å². The van der Waals surface area contributed by atoms with Crippen LogP contribution in [0.3, 0.4) is 0 Å². The third kappa shape index (κ3) is 2.99. The van der Waals surface area contributed by atoms with E-state index in [1.165, 1.54) is 11.8 Å². The summed E-state index contributed by atoms with van der Waals surface area (Å²) in [6, 6.07) is 5.94. The molecule has 0 aliphatic heterocycles. The number of aryl methyl sites for hydroxylation is 1. The molecule has 0 amide bonds. The largest absolute Gasteiger partial charge is 0.384 e. The lowest BCUT2D eigenvalue weighted by Gasteiger charge is -2.12. The van der Waals surface area contributed by atoms with Crippen LogP contribution in [0.5, 0.6) is 0 Å². The molecule has 106 valence electrons. The number of nitrogens with zero attached hydrogens (tertiary/aromatic N) is 3. The van der Waals surface area contributed by atoms with Gasteiger partial charge in [-0.3, -0.25) is 5.41 Å². The summed E-state index contributed by atoms with van der Waals surface area (Å²) in [5.41, 5.74) is 6.54. The van der Waals surface area contributed by atoms with Gasteiger partial charge in [0.1, 0.15) is 11.7 Å². The first-order valence-electron chi connectivity index (χ1n) is 6.18. The monoisotopic (exact) mass is 307 g/mol. The van der Waals surface area contributed by atoms with Crippen molar-refractivity contribution < 1.29 is 0 Å². The maximum Gasteiger partial charge on any atom is 0.195 e. The van der Waals surface area contributed by atoms with Crippen LogP contribution < -0.4 is 5.73 Å². The molecule has 0 aliphatic carbocycles. The van der Waals surface area contributed by atoms with Gasteiger partial charge in [-0.15, -0.1) is 22.0 Å². The molecule has 2 aromatic rings. The van der Waals surface area contributed by atoms with Crippen LogP contribution in [0, 0.1) is 12.3 Å². The molecule has 0 bridgehead atoms. The van der Waals surface area contributed by atoms with E-state index in [4.69, 9.17) is 11.1 Å². The van der Waals surface area contributed by atoms with Gasteiger partial charge in [-0.25, -0.2) is 0 Å². The molecular formula is C13H17N5S2. The fourth-order valence-corrected chi connectivity index (χ4v) is 3.64. The topological polar surface area (TPSA) is 80.6 Å². The Labute approximate surface area is 126 Å². The molecule has 1 aromatic carbocycles. The van der Waals surface area contributed by atoms with E-state index in [1.807, 2.05) is 36.7 Å². The second kappa shape index (κ2) is 6.32. The number of nitrogens with one attached hydrogen (secondary N) is 1. The minimum absolute atomic E-state index is 0.0861. The number of hydrogen-bond acceptors (Lipinski definition) is 5. The van der Waals surface area contributed by atoms with Crippen molar-refractivity contribution in [2.75, 3.05) is 5.75 Å². The molecule has 0 unspecified atom stereocenters. The van der Waals surface area contributed by atoms with Crippen molar-refractivity contribution in [3.63, 3.8) is 0 Å². The highest BCUT2D eigenvalue weighted by molar-refractivity contribution is 8.00. The van der Waals surface area contributed by atoms with Crippen molar-refractivity contribution in [2.24, 2.45) is 12.8 Å². The Kier molecular flexibility index (Phi) is 4.72. The Morgan fingerprint density at radius 2 is 2.05 bits per heavy atom. The first-order valence-corrected chi connectivity index (χ1v) is 7.98. The van der Waals surface area contributed by atoms with Crippen LogP contribution in [-0.4, -0.2) is 26.4 Å². The Balaban J connectivity index is 2.43. The standard InChI is InChI=1S/C13H17N5S2/c1-4-19-9-6-5-7-10(11(9)12(14)15)20-13-17-16-8(2)18(13)3/h5-7H,4H2,1-3H3,(H3,14,15). The van der Waals surface area contributed by atoms with Gasteiger partial charge < -0.3 is 10.3 Å². The van der Waals surface area contributed by atoms with Crippen molar-refractivity contribution in [3.8, 4) is 0 Å². The molecule has 0 fully saturated rings. The zero-order chi connectivity index (χ0) is 14.7. The highest BCUT2D eigenvalue weighted by Gasteiger charge is 2.15. The van der Waals surface area contributed by atoms with Crippen molar-refractivity contribution in [1.29, 1.82) is 5.41 Å². The van der Waals surface area contributed by atoms with Gasteiger partial charge in [-0.1, -0.05) is 13.0 Å². The third-order valence-electron chi connectivity index (χ3n) is 2.81. The van der Waals surface area contributed by atoms with E-state index in [9.17, 15) is 0 Å². The molecule has 0 saturated heterocycles. The van der Waals surface area contributed by atoms with Gasteiger partial charge >= 0.3 is 0 Å². The van der Waals surface area contributed by atoms with E-state index in [-0.39, 0.29) is 5.84 Å². The number of aromatic nitrogens is 3. The molecule has 3 N–H and O–H groups in total. The predicted octanol–water partition coefficient (Wildman–Crippen LogP) is 2.67. The minimum Gasteiger partial charge on any atom is -0.384 e. The van der Waals surface area contributed by atoms with Crippen LogP contribution in [0.4, 0.5) is 0 Å². The predicted molar refractivity (Wildman–Crippen MR) is 83.7 cm³/mol. The number of thioether (sulfide) groups is 1. The lowest BCUT2D eigenvalue weighted by Crippen LogP contribution is -2.14. The van der Waals surface area contributed by atoms with Crippen molar-refractivity contribution in [2.45, 2.75) is 28.8 Å². The van der Waals surface area contributed by atoms with Gasteiger partial charge in [0.15, 0.2) is 5.16 Å². The molecule has 1 heterocycles. The molecule has 0 atom stereocenters. The number of rotatable bonds is 5. The van der Waals surface area contributed by atoms with Crippen molar-refractivity contribution in [3.05, 3.63) is 29.6 Å². The second-order valence-electron chi connectivity index (χ2n) is 4.17. The summed E-state index contributed by atoms with van der Waals surface area (Å²) in [5.74, 6) is 1.89. The van der Waals surface area contributed by atoms with Gasteiger partial charge in [0.05, 0.1) is 0 Å². The highest BCUT2D eigenvalue weighted by atomic mass is 32.2. The lowest BCUT2D eigenvalue weighted by molar-refractivity contribution is 0.765. The molecular weight excluding hydrogens is 290 g/mol. The zero-order valence-corrected chi connectivity index (χ0v) is 13.3. The smallest absolute Gasteiger partial charge is 0.195 e. The van der Waals surface area contributed by atoms with Crippen molar-refractivity contribution >= 4 is 29.4 Å². The van der Waals surface area contributed by atoms with E-state index in [0.29, 0.717) is 0 Å². The molecule has 0 radical (unpaired) electrons. The first kappa shape index (κ1) is 14.9. The molecule has 0 aliphatic rings. The molecule has 20 heavy (non-hydrogen) atoms. The van der Waals surface area contributed by atoms with Crippen molar-refractivity contribution in [1.82, 2.24) is 14.8 Å². The SMILES string of the molecule is CCSc1cccc(Sc2nnc(C)n2C)c1C(=N)N. The number of nitrogens with two attached hydrogens (primary N) is 1. The number of benzene rings is 1. The Morgan fingerprint density at radius 3 is 2.60 bits per heavy atom. The molecule has 5 nitrogen and oxygen atoms in total. The molecule has 1 aromatic heterocycles. The summed E-state index contributed by atoms with van der Waals surface area (Å²) in [6.45, 7) is 3.99. The number of nitrogen functional groups attached to an aromatic ring is 1. The second-order valence-corrected chi connectivity index (χ2v) is 6.48. The van der Waals surface area contributed by atoms with Crippen LogP contribution in [-0.2, 0) is 7.05 Å². The Hall–Kier alpha value is -1.47. The summed E-state index contributed by atoms with van der Waals surface area (Å²) >= 11 is 3.17. The fourth-order valence-electron chi connectivity index (χ4n) is 1.71. The van der Waals surface area contributed by atoms with Crippen LogP contribution in [0.25, 0.3) is 0 Å². The Morgan fingerprint density at radius 1 is 1.35 bits per heavy atom. The van der Waals surface area contributed by atoms with Crippen LogP contribution >= 0.6 is 23.5 Å². The molecule has 0 spiro atoms. The highest BCUT2D eigenvalue weighted by Crippen LogP contribution is 2.34. The van der Waals surface area contributed by atoms with E-state index >= 15 is 0 Å². The van der Waals surface area contributed by atoms with E-state index in [2.05, 4.69) is 17.1 Å². The van der Waals surface area contributed by atoms with Crippen LogP contribution in [0.15, 0.2) is 33.1 Å². The fraction of sp³-hybridized carbons (Fsp3) is 0.308. The summed E-state index contributed by atoms with van der Waals surface area (Å²) in [7, 11) is 1.93. The lowest BCUT2D eigenvalue weighted by atomic mass is 10.2. The van der Waals surface area contributed by atoms with Gasteiger partial charge in [-0.05, 0) is 36.6 Å². The summed E-state index contributed by atoms with van der Waals surface area (Å²) in [6.07, 6.45) is 0. The van der Waals surface area contributed by atoms with Crippen LogP contribution in [0.1, 0.15) is 18.3 Å². The maximum atomic E-state index is 7.83. The normalized spacial score (nSPS) is 10.8. The van der Waals surface area contributed by atoms with Crippen LogP contribution in [0.2, 0.25) is 0 Å². The van der Waals surface area contributed by atoms with E-state index < -0.39 is 0 Å². The zero-order valence-electron chi connectivity index (χ0n) is 11.7. The number of amidine groups is 1. The molecule has 2 rings (SSSR count). The van der Waals surface area contributed by atoms with E-state index in [1.54, 1.807) is 11.8 Å². The quantitative estimate of drug-likeness (QED) is 0.504. The summed E-state index contributed by atoms with van der Waals surface area (Å²) < 4.78 is 1.92. The molecule has 0 saturated carbocycles. The average molecular weight is 307 g/mol. The summed E-state index contributed by atoms with van der Waals surface area (Å²) in [5, 5.41) is 16.8. The maximum absolute atomic E-state index is 7.83. The van der Waals surface area contributed by atoms with Gasteiger partial charge in [0.25, 0.3) is 0 Å². The minimum atomic E-state index is 0.0861. The number of hydrogen-bond donors (Lipinski definition) is 2. The van der Waals surface area contributed by atoms with Gasteiger partial charge in [-0.2, -0.15) is 0 Å². The van der Waals surface area contributed by atoms with Gasteiger partial charge in [0, 0.05) is 22.4 Å². The van der Waals surface area contributed by atoms with E-state index in [0.717, 1.165) is 32.1 Å².